The first kappa shape index (κ1) is 12.9. The van der Waals surface area contributed by atoms with Gasteiger partial charge >= 0.3 is 0 Å². The maximum absolute atomic E-state index is 5.89. The lowest BCUT2D eigenvalue weighted by Gasteiger charge is -2.44. The van der Waals surface area contributed by atoms with Crippen LogP contribution in [0.4, 0.5) is 5.82 Å². The number of pyridine rings is 1. The molecule has 3 rings (SSSR count). The molecule has 1 saturated heterocycles. The average Bonchev–Trinajstić information content (AvgIpc) is 2.47. The second-order valence-electron chi connectivity index (χ2n) is 6.19. The Labute approximate surface area is 116 Å². The molecule has 3 unspecified atom stereocenters. The van der Waals surface area contributed by atoms with Gasteiger partial charge in [0.05, 0.1) is 0 Å². The van der Waals surface area contributed by atoms with Crippen LogP contribution in [0.25, 0.3) is 0 Å². The zero-order valence-electron chi connectivity index (χ0n) is 11.9. The Morgan fingerprint density at radius 3 is 2.74 bits per heavy atom. The number of fused-ring (bicyclic) bond motifs is 1. The number of piperidine rings is 1. The summed E-state index contributed by atoms with van der Waals surface area (Å²) in [6.45, 7) is 3.18. The highest BCUT2D eigenvalue weighted by molar-refractivity contribution is 5.42. The Morgan fingerprint density at radius 1 is 1.21 bits per heavy atom. The number of hydrogen-bond donors (Lipinski definition) is 1. The lowest BCUT2D eigenvalue weighted by Crippen LogP contribution is -2.47. The van der Waals surface area contributed by atoms with E-state index in [1.54, 1.807) is 0 Å². The smallest absolute Gasteiger partial charge is 0.128 e. The number of nitrogens with zero attached hydrogens (tertiary/aromatic N) is 2. The summed E-state index contributed by atoms with van der Waals surface area (Å²) in [4.78, 5) is 7.21. The normalized spacial score (nSPS) is 28.8. The highest BCUT2D eigenvalue weighted by atomic mass is 15.2. The van der Waals surface area contributed by atoms with Gasteiger partial charge in [-0.2, -0.15) is 0 Å². The second-order valence-corrected chi connectivity index (χ2v) is 6.19. The molecule has 0 aromatic carbocycles. The molecule has 1 aliphatic heterocycles. The van der Waals surface area contributed by atoms with Gasteiger partial charge in [0, 0.05) is 24.8 Å². The molecule has 3 atom stereocenters. The van der Waals surface area contributed by atoms with Crippen LogP contribution in [0.3, 0.4) is 0 Å². The predicted octanol–water partition coefficient (Wildman–Crippen LogP) is 3.26. The molecule has 1 aromatic rings. The van der Waals surface area contributed by atoms with E-state index in [0.717, 1.165) is 23.3 Å². The quantitative estimate of drug-likeness (QED) is 0.886. The predicted molar refractivity (Wildman–Crippen MR) is 79.2 cm³/mol. The fraction of sp³-hybridized carbons (Fsp3) is 0.688. The summed E-state index contributed by atoms with van der Waals surface area (Å²) < 4.78 is 0. The highest BCUT2D eigenvalue weighted by Gasteiger charge is 2.33. The number of anilines is 1. The van der Waals surface area contributed by atoms with Crippen LogP contribution in [-0.4, -0.2) is 17.6 Å². The third kappa shape index (κ3) is 2.62. The Balaban J connectivity index is 1.79. The van der Waals surface area contributed by atoms with Gasteiger partial charge in [-0.15, -0.1) is 0 Å². The first-order valence-corrected chi connectivity index (χ1v) is 7.74. The van der Waals surface area contributed by atoms with Crippen LogP contribution in [0.5, 0.6) is 0 Å². The van der Waals surface area contributed by atoms with Crippen molar-refractivity contribution >= 4 is 5.82 Å². The molecular weight excluding hydrogens is 234 g/mol. The van der Waals surface area contributed by atoms with E-state index >= 15 is 0 Å². The fourth-order valence-electron chi connectivity index (χ4n) is 3.75. The fourth-order valence-corrected chi connectivity index (χ4v) is 3.75. The van der Waals surface area contributed by atoms with Gasteiger partial charge in [0.1, 0.15) is 5.82 Å². The van der Waals surface area contributed by atoms with Crippen LogP contribution in [-0.2, 0) is 0 Å². The van der Waals surface area contributed by atoms with E-state index in [-0.39, 0.29) is 6.04 Å². The minimum absolute atomic E-state index is 0.0744. The number of aromatic nitrogens is 1. The van der Waals surface area contributed by atoms with Gasteiger partial charge in [0.15, 0.2) is 0 Å². The molecule has 3 heteroatoms. The maximum Gasteiger partial charge on any atom is 0.128 e. The van der Waals surface area contributed by atoms with E-state index in [1.165, 1.54) is 45.1 Å². The van der Waals surface area contributed by atoms with Crippen LogP contribution >= 0.6 is 0 Å². The first-order chi connectivity index (χ1) is 9.25. The Kier molecular flexibility index (Phi) is 3.74. The van der Waals surface area contributed by atoms with E-state index in [2.05, 4.69) is 22.0 Å². The largest absolute Gasteiger partial charge is 0.353 e. The van der Waals surface area contributed by atoms with Gasteiger partial charge < -0.3 is 10.6 Å². The summed E-state index contributed by atoms with van der Waals surface area (Å²) >= 11 is 0. The van der Waals surface area contributed by atoms with Gasteiger partial charge in [0.25, 0.3) is 0 Å². The van der Waals surface area contributed by atoms with E-state index in [1.807, 2.05) is 13.1 Å². The van der Waals surface area contributed by atoms with E-state index < -0.39 is 0 Å². The van der Waals surface area contributed by atoms with Crippen molar-refractivity contribution in [2.75, 3.05) is 11.4 Å². The van der Waals surface area contributed by atoms with E-state index in [0.29, 0.717) is 0 Å². The molecular formula is C16H25N3. The molecule has 2 fully saturated rings. The molecule has 0 bridgehead atoms. The van der Waals surface area contributed by atoms with E-state index in [9.17, 15) is 0 Å². The van der Waals surface area contributed by atoms with Crippen molar-refractivity contribution in [1.29, 1.82) is 0 Å². The van der Waals surface area contributed by atoms with Gasteiger partial charge in [-0.25, -0.2) is 4.98 Å². The SMILES string of the molecule is CC(N)c1ccc(N2CCCC3CCCCC32)nc1. The van der Waals surface area contributed by atoms with Crippen LogP contribution in [0.2, 0.25) is 0 Å². The molecule has 19 heavy (non-hydrogen) atoms. The topological polar surface area (TPSA) is 42.1 Å². The molecule has 1 aromatic heterocycles. The molecule has 0 amide bonds. The first-order valence-electron chi connectivity index (χ1n) is 7.74. The van der Waals surface area contributed by atoms with E-state index in [4.69, 9.17) is 5.73 Å². The van der Waals surface area contributed by atoms with Crippen molar-refractivity contribution in [2.45, 2.75) is 57.5 Å². The average molecular weight is 259 g/mol. The van der Waals surface area contributed by atoms with Crippen LogP contribution in [0, 0.1) is 5.92 Å². The van der Waals surface area contributed by atoms with Crippen molar-refractivity contribution < 1.29 is 0 Å². The van der Waals surface area contributed by atoms with Crippen LogP contribution < -0.4 is 10.6 Å². The van der Waals surface area contributed by atoms with Gasteiger partial charge in [0.2, 0.25) is 0 Å². The number of rotatable bonds is 2. The summed E-state index contributed by atoms with van der Waals surface area (Å²) in [5.41, 5.74) is 7.02. The third-order valence-corrected chi connectivity index (χ3v) is 4.83. The minimum Gasteiger partial charge on any atom is -0.353 e. The summed E-state index contributed by atoms with van der Waals surface area (Å²) in [5.74, 6) is 2.05. The van der Waals surface area contributed by atoms with Gasteiger partial charge in [-0.3, -0.25) is 0 Å². The van der Waals surface area contributed by atoms with Crippen LogP contribution in [0.15, 0.2) is 18.3 Å². The highest BCUT2D eigenvalue weighted by Crippen LogP contribution is 2.37. The summed E-state index contributed by atoms with van der Waals surface area (Å²) in [6, 6.07) is 5.11. The third-order valence-electron chi connectivity index (χ3n) is 4.83. The van der Waals surface area contributed by atoms with Crippen molar-refractivity contribution in [3.8, 4) is 0 Å². The maximum atomic E-state index is 5.89. The molecule has 0 radical (unpaired) electrons. The van der Waals surface area contributed by atoms with Crippen molar-refractivity contribution in [3.63, 3.8) is 0 Å². The molecule has 2 N–H and O–H groups in total. The summed E-state index contributed by atoms with van der Waals surface area (Å²) in [5, 5.41) is 0. The standard InChI is InChI=1S/C16H25N3/c1-12(17)14-8-9-16(18-11-14)19-10-4-6-13-5-2-3-7-15(13)19/h8-9,11-13,15H,2-7,10,17H2,1H3. The monoisotopic (exact) mass is 259 g/mol. The summed E-state index contributed by atoms with van der Waals surface area (Å²) in [6.07, 6.45) is 10.3. The Bertz CT molecular complexity index is 411. The Hall–Kier alpha value is -1.09. The molecule has 1 aliphatic carbocycles. The zero-order valence-corrected chi connectivity index (χ0v) is 11.9. The number of hydrogen-bond acceptors (Lipinski definition) is 3. The Morgan fingerprint density at radius 2 is 2.00 bits per heavy atom. The van der Waals surface area contributed by atoms with Crippen LogP contribution in [0.1, 0.15) is 57.1 Å². The molecule has 2 heterocycles. The molecule has 104 valence electrons. The van der Waals surface area contributed by atoms with Gasteiger partial charge in [-0.05, 0) is 50.2 Å². The lowest BCUT2D eigenvalue weighted by atomic mass is 9.78. The molecule has 2 aliphatic rings. The van der Waals surface area contributed by atoms with Gasteiger partial charge in [-0.1, -0.05) is 18.9 Å². The molecule has 0 spiro atoms. The minimum atomic E-state index is 0.0744. The van der Waals surface area contributed by atoms with Crippen molar-refractivity contribution in [2.24, 2.45) is 11.7 Å². The number of nitrogens with two attached hydrogens (primary N) is 1. The van der Waals surface area contributed by atoms with Crippen molar-refractivity contribution in [3.05, 3.63) is 23.9 Å². The molecule has 3 nitrogen and oxygen atoms in total. The van der Waals surface area contributed by atoms with Crippen molar-refractivity contribution in [1.82, 2.24) is 4.98 Å². The summed E-state index contributed by atoms with van der Waals surface area (Å²) in [7, 11) is 0. The lowest BCUT2D eigenvalue weighted by molar-refractivity contribution is 0.242. The molecule has 1 saturated carbocycles. The second kappa shape index (κ2) is 5.49. The zero-order chi connectivity index (χ0) is 13.2.